The van der Waals surface area contributed by atoms with Crippen molar-refractivity contribution in [2.45, 2.75) is 100.0 Å². The van der Waals surface area contributed by atoms with Gasteiger partial charge >= 0.3 is 0 Å². The van der Waals surface area contributed by atoms with Crippen molar-refractivity contribution in [1.82, 2.24) is 10.6 Å². The Bertz CT molecular complexity index is 316. The van der Waals surface area contributed by atoms with Crippen LogP contribution in [0.4, 0.5) is 0 Å². The highest BCUT2D eigenvalue weighted by Gasteiger charge is 2.27. The number of hydrogen-bond acceptors (Lipinski definition) is 2. The standard InChI is InChI=1S/C14H23NO.C2H7N.3C2H6/c1-4-14(5-2,15-12(3)16)11-13-9-7-6-8-10-13;1-3-2;3*1-2/h7,9-10H,4-6,8,11H2,1-3H3,(H,15,16);3H,1-2H3;3*1-2H3. The van der Waals surface area contributed by atoms with Gasteiger partial charge in [0.2, 0.25) is 5.91 Å². The molecule has 0 heterocycles. The van der Waals surface area contributed by atoms with Crippen LogP contribution < -0.4 is 10.6 Å². The number of carbonyl (C=O) groups excluding carboxylic acids is 1. The molecule has 0 aliphatic heterocycles. The zero-order valence-electron chi connectivity index (χ0n) is 19.2. The third-order valence-corrected chi connectivity index (χ3v) is 3.41. The van der Waals surface area contributed by atoms with E-state index in [2.05, 4.69) is 42.7 Å². The highest BCUT2D eigenvalue weighted by Crippen LogP contribution is 2.27. The maximum Gasteiger partial charge on any atom is 0.217 e. The van der Waals surface area contributed by atoms with E-state index in [1.165, 1.54) is 5.57 Å². The fourth-order valence-electron chi connectivity index (χ4n) is 2.28. The molecule has 0 spiro atoms. The monoisotopic (exact) mass is 356 g/mol. The van der Waals surface area contributed by atoms with Gasteiger partial charge in [-0.2, -0.15) is 0 Å². The first-order valence-corrected chi connectivity index (χ1v) is 10.3. The Morgan fingerprint density at radius 2 is 1.44 bits per heavy atom. The maximum absolute atomic E-state index is 11.3. The van der Waals surface area contributed by atoms with Crippen LogP contribution in [0.1, 0.15) is 94.4 Å². The van der Waals surface area contributed by atoms with E-state index in [0.717, 1.165) is 32.1 Å². The smallest absolute Gasteiger partial charge is 0.217 e. The highest BCUT2D eigenvalue weighted by molar-refractivity contribution is 5.73. The topological polar surface area (TPSA) is 41.1 Å². The highest BCUT2D eigenvalue weighted by atomic mass is 16.1. The van der Waals surface area contributed by atoms with Gasteiger partial charge in [-0.15, -0.1) is 0 Å². The molecule has 0 atom stereocenters. The van der Waals surface area contributed by atoms with Gasteiger partial charge in [0.25, 0.3) is 0 Å². The van der Waals surface area contributed by atoms with Gasteiger partial charge in [-0.1, -0.05) is 73.6 Å². The molecule has 1 rings (SSSR count). The van der Waals surface area contributed by atoms with Gasteiger partial charge in [-0.05, 0) is 51.8 Å². The summed E-state index contributed by atoms with van der Waals surface area (Å²) in [5, 5.41) is 5.88. The van der Waals surface area contributed by atoms with Gasteiger partial charge in [-0.25, -0.2) is 0 Å². The van der Waals surface area contributed by atoms with Crippen LogP contribution in [0, 0.1) is 0 Å². The summed E-state index contributed by atoms with van der Waals surface area (Å²) in [4.78, 5) is 11.3. The van der Waals surface area contributed by atoms with E-state index in [0.29, 0.717) is 0 Å². The number of hydrogen-bond donors (Lipinski definition) is 2. The van der Waals surface area contributed by atoms with Gasteiger partial charge in [0.1, 0.15) is 0 Å². The predicted octanol–water partition coefficient (Wildman–Crippen LogP) is 6.26. The van der Waals surface area contributed by atoms with Crippen molar-refractivity contribution in [3.05, 3.63) is 23.8 Å². The maximum atomic E-state index is 11.3. The molecule has 0 unspecified atom stereocenters. The summed E-state index contributed by atoms with van der Waals surface area (Å²) in [6.45, 7) is 17.9. The van der Waals surface area contributed by atoms with Crippen molar-refractivity contribution >= 4 is 5.91 Å². The molecular weight excluding hydrogens is 308 g/mol. The Hall–Kier alpha value is -1.09. The fourth-order valence-corrected chi connectivity index (χ4v) is 2.28. The van der Waals surface area contributed by atoms with Crippen LogP contribution in [0.25, 0.3) is 0 Å². The van der Waals surface area contributed by atoms with Crippen LogP contribution in [0.3, 0.4) is 0 Å². The summed E-state index contributed by atoms with van der Waals surface area (Å²) in [5.74, 6) is 0.0732. The Balaban J connectivity index is -0.000000210. The molecular formula is C22H48N2O. The molecule has 0 saturated heterocycles. The second-order valence-corrected chi connectivity index (χ2v) is 5.10. The molecule has 1 aliphatic carbocycles. The summed E-state index contributed by atoms with van der Waals surface area (Å²) in [6.07, 6.45) is 11.9. The average Bonchev–Trinajstić information content (AvgIpc) is 2.67. The minimum atomic E-state index is -0.0562. The number of rotatable bonds is 5. The Labute approximate surface area is 159 Å². The first kappa shape index (κ1) is 31.7. The van der Waals surface area contributed by atoms with Crippen molar-refractivity contribution in [2.24, 2.45) is 0 Å². The van der Waals surface area contributed by atoms with E-state index in [1.54, 1.807) is 6.92 Å². The zero-order chi connectivity index (χ0) is 20.7. The fraction of sp³-hybridized carbons (Fsp3) is 0.773. The molecule has 3 nitrogen and oxygen atoms in total. The predicted molar refractivity (Wildman–Crippen MR) is 117 cm³/mol. The number of amides is 1. The second kappa shape index (κ2) is 25.2. The summed E-state index contributed by atoms with van der Waals surface area (Å²) in [5.41, 5.74) is 1.31. The normalized spacial score (nSPS) is 11.6. The molecule has 2 N–H and O–H groups in total. The number of carbonyl (C=O) groups is 1. The molecule has 3 heteroatoms. The lowest BCUT2D eigenvalue weighted by molar-refractivity contribution is -0.121. The summed E-state index contributed by atoms with van der Waals surface area (Å²) >= 11 is 0. The number of allylic oxidation sites excluding steroid dienone is 3. The number of nitrogens with one attached hydrogen (secondary N) is 2. The van der Waals surface area contributed by atoms with Crippen LogP contribution in [0.2, 0.25) is 0 Å². The van der Waals surface area contributed by atoms with Gasteiger partial charge in [0.15, 0.2) is 0 Å². The Kier molecular flexibility index (Phi) is 31.9. The first-order chi connectivity index (χ1) is 12.0. The molecule has 25 heavy (non-hydrogen) atoms. The van der Waals surface area contributed by atoms with Crippen LogP contribution >= 0.6 is 0 Å². The van der Waals surface area contributed by atoms with E-state index < -0.39 is 0 Å². The molecule has 0 aromatic heterocycles. The van der Waals surface area contributed by atoms with E-state index >= 15 is 0 Å². The second-order valence-electron chi connectivity index (χ2n) is 5.10. The minimum absolute atomic E-state index is 0.0562. The van der Waals surface area contributed by atoms with Crippen molar-refractivity contribution in [3.8, 4) is 0 Å². The lowest BCUT2D eigenvalue weighted by Gasteiger charge is -2.33. The summed E-state index contributed by atoms with van der Waals surface area (Å²) in [6, 6.07) is 0. The third-order valence-electron chi connectivity index (χ3n) is 3.41. The van der Waals surface area contributed by atoms with Gasteiger partial charge in [0.05, 0.1) is 0 Å². The first-order valence-electron chi connectivity index (χ1n) is 10.3. The van der Waals surface area contributed by atoms with Gasteiger partial charge in [-0.3, -0.25) is 4.79 Å². The van der Waals surface area contributed by atoms with Crippen LogP contribution in [-0.2, 0) is 4.79 Å². The summed E-state index contributed by atoms with van der Waals surface area (Å²) in [7, 11) is 3.75. The van der Waals surface area contributed by atoms with E-state index in [4.69, 9.17) is 0 Å². The van der Waals surface area contributed by atoms with E-state index in [1.807, 2.05) is 55.6 Å². The molecule has 1 amide bonds. The van der Waals surface area contributed by atoms with E-state index in [-0.39, 0.29) is 11.4 Å². The van der Waals surface area contributed by atoms with Gasteiger partial charge in [0, 0.05) is 12.5 Å². The Morgan fingerprint density at radius 1 is 1.00 bits per heavy atom. The molecule has 0 saturated carbocycles. The van der Waals surface area contributed by atoms with Gasteiger partial charge < -0.3 is 10.6 Å². The lowest BCUT2D eigenvalue weighted by Crippen LogP contribution is -2.46. The van der Waals surface area contributed by atoms with Crippen LogP contribution in [-0.4, -0.2) is 25.5 Å². The van der Waals surface area contributed by atoms with Crippen molar-refractivity contribution in [2.75, 3.05) is 14.1 Å². The molecule has 0 radical (unpaired) electrons. The Morgan fingerprint density at radius 3 is 1.72 bits per heavy atom. The molecule has 1 aliphatic rings. The van der Waals surface area contributed by atoms with E-state index in [9.17, 15) is 4.79 Å². The molecule has 0 aromatic rings. The van der Waals surface area contributed by atoms with Crippen LogP contribution in [0.15, 0.2) is 23.8 Å². The third kappa shape index (κ3) is 19.1. The minimum Gasteiger partial charge on any atom is -0.351 e. The van der Waals surface area contributed by atoms with Crippen molar-refractivity contribution in [1.29, 1.82) is 0 Å². The van der Waals surface area contributed by atoms with Crippen LogP contribution in [0.5, 0.6) is 0 Å². The largest absolute Gasteiger partial charge is 0.351 e. The zero-order valence-corrected chi connectivity index (χ0v) is 19.2. The SMILES string of the molecule is CC.CC.CC.CCC(CC)(CC1=CCCC=C1)NC(C)=O.CNC. The quantitative estimate of drug-likeness (QED) is 0.610. The average molecular weight is 357 g/mol. The molecule has 152 valence electrons. The molecule has 0 aromatic carbocycles. The summed E-state index contributed by atoms with van der Waals surface area (Å²) < 4.78 is 0. The molecule has 0 fully saturated rings. The van der Waals surface area contributed by atoms with Crippen molar-refractivity contribution in [3.63, 3.8) is 0 Å². The lowest BCUT2D eigenvalue weighted by atomic mass is 9.84. The molecule has 0 bridgehead atoms. The van der Waals surface area contributed by atoms with Crippen molar-refractivity contribution < 1.29 is 4.79 Å².